The summed E-state index contributed by atoms with van der Waals surface area (Å²) in [6, 6.07) is 13.9. The van der Waals surface area contributed by atoms with E-state index < -0.39 is 0 Å². The molecule has 2 aromatic rings. The van der Waals surface area contributed by atoms with E-state index in [-0.39, 0.29) is 29.9 Å². The summed E-state index contributed by atoms with van der Waals surface area (Å²) in [5.74, 6) is -0.936. The summed E-state index contributed by atoms with van der Waals surface area (Å²) in [5.41, 5.74) is 1.66. The molecule has 0 saturated carbocycles. The van der Waals surface area contributed by atoms with Gasteiger partial charge in [-0.1, -0.05) is 58.7 Å². The molecule has 0 unspecified atom stereocenters. The van der Waals surface area contributed by atoms with Crippen molar-refractivity contribution in [3.05, 3.63) is 73.7 Å². The van der Waals surface area contributed by atoms with Gasteiger partial charge in [0.05, 0.1) is 33.1 Å². The zero-order chi connectivity index (χ0) is 21.0. The number of carbonyl (C=O) groups excluding carboxylic acids is 2. The van der Waals surface area contributed by atoms with Gasteiger partial charge in [-0.15, -0.1) is 0 Å². The summed E-state index contributed by atoms with van der Waals surface area (Å²) in [6.07, 6.45) is 0.154. The van der Waals surface area contributed by atoms with Crippen LogP contribution in [0, 0.1) is 11.3 Å². The summed E-state index contributed by atoms with van der Waals surface area (Å²) in [6.45, 7) is 0. The normalized spacial score (nSPS) is 16.2. The van der Waals surface area contributed by atoms with E-state index in [4.69, 9.17) is 34.8 Å². The number of nitrogens with zero attached hydrogens (tertiary/aromatic N) is 1. The number of benzene rings is 2. The van der Waals surface area contributed by atoms with E-state index >= 15 is 0 Å². The highest BCUT2D eigenvalue weighted by molar-refractivity contribution is 8.03. The van der Waals surface area contributed by atoms with Crippen molar-refractivity contribution in [3.8, 4) is 6.07 Å². The van der Waals surface area contributed by atoms with Crippen molar-refractivity contribution >= 4 is 64.1 Å². The van der Waals surface area contributed by atoms with Gasteiger partial charge >= 0.3 is 0 Å². The maximum absolute atomic E-state index is 12.3. The predicted molar refractivity (Wildman–Crippen MR) is 117 cm³/mol. The van der Waals surface area contributed by atoms with Gasteiger partial charge in [0.2, 0.25) is 11.8 Å². The molecule has 1 aliphatic rings. The molecule has 1 aliphatic heterocycles. The van der Waals surface area contributed by atoms with Gasteiger partial charge in [0.15, 0.2) is 0 Å². The van der Waals surface area contributed by atoms with E-state index in [1.54, 1.807) is 36.4 Å². The molecule has 0 bridgehead atoms. The average molecular weight is 467 g/mol. The van der Waals surface area contributed by atoms with E-state index in [0.29, 0.717) is 31.4 Å². The molecule has 2 N–H and O–H groups in total. The van der Waals surface area contributed by atoms with Crippen LogP contribution in [0.1, 0.15) is 17.9 Å². The first-order chi connectivity index (χ1) is 13.9. The van der Waals surface area contributed by atoms with Crippen molar-refractivity contribution in [2.45, 2.75) is 12.3 Å². The van der Waals surface area contributed by atoms with Crippen LogP contribution < -0.4 is 10.6 Å². The van der Waals surface area contributed by atoms with Gasteiger partial charge in [0, 0.05) is 22.4 Å². The predicted octanol–water partition coefficient (Wildman–Crippen LogP) is 5.36. The minimum absolute atomic E-state index is 0.00686. The molecule has 1 heterocycles. The highest BCUT2D eigenvalue weighted by Gasteiger charge is 2.29. The van der Waals surface area contributed by atoms with Crippen molar-refractivity contribution in [3.63, 3.8) is 0 Å². The van der Waals surface area contributed by atoms with Crippen molar-refractivity contribution in [1.82, 2.24) is 5.32 Å². The Morgan fingerprint density at radius 3 is 2.52 bits per heavy atom. The Morgan fingerprint density at radius 2 is 1.86 bits per heavy atom. The Labute approximate surface area is 187 Å². The van der Waals surface area contributed by atoms with E-state index in [9.17, 15) is 14.9 Å². The molecule has 0 aromatic heterocycles. The number of amides is 2. The number of nitrogens with one attached hydrogen (secondary N) is 2. The molecule has 0 fully saturated rings. The number of hydrogen-bond acceptors (Lipinski definition) is 4. The van der Waals surface area contributed by atoms with Gasteiger partial charge in [-0.05, 0) is 35.9 Å². The number of anilines is 1. The van der Waals surface area contributed by atoms with Gasteiger partial charge in [-0.2, -0.15) is 5.26 Å². The monoisotopic (exact) mass is 465 g/mol. The van der Waals surface area contributed by atoms with Gasteiger partial charge in [-0.3, -0.25) is 9.59 Å². The van der Waals surface area contributed by atoms with Crippen LogP contribution >= 0.6 is 46.6 Å². The number of nitriles is 1. The lowest BCUT2D eigenvalue weighted by molar-refractivity contribution is -0.121. The minimum Gasteiger partial charge on any atom is -0.324 e. The zero-order valence-electron chi connectivity index (χ0n) is 14.8. The molecule has 2 amide bonds. The van der Waals surface area contributed by atoms with Crippen LogP contribution in [0.3, 0.4) is 0 Å². The maximum Gasteiger partial charge on any atom is 0.234 e. The number of carbonyl (C=O) groups is 2. The third-order valence-corrected chi connectivity index (χ3v) is 6.00. The molecule has 0 saturated heterocycles. The van der Waals surface area contributed by atoms with Crippen LogP contribution in [-0.2, 0) is 9.59 Å². The van der Waals surface area contributed by atoms with Crippen molar-refractivity contribution in [1.29, 1.82) is 5.26 Å². The summed E-state index contributed by atoms with van der Waals surface area (Å²) < 4.78 is 0. The summed E-state index contributed by atoms with van der Waals surface area (Å²) in [7, 11) is 0. The molecule has 9 heteroatoms. The summed E-state index contributed by atoms with van der Waals surface area (Å²) >= 11 is 18.9. The number of rotatable bonds is 5. The van der Waals surface area contributed by atoms with Gasteiger partial charge in [-0.25, -0.2) is 0 Å². The molecule has 29 heavy (non-hydrogen) atoms. The molecule has 3 rings (SSSR count). The largest absolute Gasteiger partial charge is 0.324 e. The molecule has 1 atom stereocenters. The fourth-order valence-electron chi connectivity index (χ4n) is 2.83. The molecular formula is C20H14Cl3N3O2S. The maximum atomic E-state index is 12.3. The number of hydrogen-bond donors (Lipinski definition) is 2. The van der Waals surface area contributed by atoms with Crippen LogP contribution in [0.4, 0.5) is 5.69 Å². The Balaban J connectivity index is 1.75. The van der Waals surface area contributed by atoms with Crippen LogP contribution in [0.25, 0.3) is 0 Å². The molecule has 148 valence electrons. The van der Waals surface area contributed by atoms with Gasteiger partial charge in [0.25, 0.3) is 0 Å². The Morgan fingerprint density at radius 1 is 1.17 bits per heavy atom. The van der Waals surface area contributed by atoms with Crippen LogP contribution in [0.2, 0.25) is 15.1 Å². The number of thioether (sulfide) groups is 1. The standard InChI is InChI=1S/C20H14Cl3N3O2S/c21-12-3-1-11(2-4-12)14-8-18(27)26-20(15(14)9-24)29-10-19(28)25-17-6-5-13(22)7-16(17)23/h1-7,14H,8,10H2,(H,25,28)(H,26,27)/t14-/m0/s1. The molecular weight excluding hydrogens is 453 g/mol. The van der Waals surface area contributed by atoms with Crippen molar-refractivity contribution < 1.29 is 9.59 Å². The third-order valence-electron chi connectivity index (χ3n) is 4.18. The van der Waals surface area contributed by atoms with E-state index in [0.717, 1.165) is 17.3 Å². The first-order valence-electron chi connectivity index (χ1n) is 8.44. The molecule has 5 nitrogen and oxygen atoms in total. The summed E-state index contributed by atoms with van der Waals surface area (Å²) in [5, 5.41) is 16.8. The Bertz CT molecular complexity index is 1030. The van der Waals surface area contributed by atoms with Gasteiger partial charge in [0.1, 0.15) is 0 Å². The van der Waals surface area contributed by atoms with E-state index in [1.165, 1.54) is 6.07 Å². The SMILES string of the molecule is N#CC1=C(SCC(=O)Nc2ccc(Cl)cc2Cl)NC(=O)C[C@H]1c1ccc(Cl)cc1. The quantitative estimate of drug-likeness (QED) is 0.621. The van der Waals surface area contributed by atoms with Crippen LogP contribution in [0.15, 0.2) is 53.1 Å². The first-order valence-corrected chi connectivity index (χ1v) is 10.6. The molecule has 0 spiro atoms. The van der Waals surface area contributed by atoms with Crippen LogP contribution in [-0.4, -0.2) is 17.6 Å². The van der Waals surface area contributed by atoms with E-state index in [2.05, 4.69) is 16.7 Å². The molecule has 0 aliphatic carbocycles. The zero-order valence-corrected chi connectivity index (χ0v) is 17.9. The fraction of sp³-hybridized carbons (Fsp3) is 0.150. The lowest BCUT2D eigenvalue weighted by Gasteiger charge is -2.25. The van der Waals surface area contributed by atoms with Gasteiger partial charge < -0.3 is 10.6 Å². The highest BCUT2D eigenvalue weighted by Crippen LogP contribution is 2.36. The smallest absolute Gasteiger partial charge is 0.234 e. The second kappa shape index (κ2) is 9.55. The fourth-order valence-corrected chi connectivity index (χ4v) is 4.29. The second-order valence-electron chi connectivity index (χ2n) is 6.17. The van der Waals surface area contributed by atoms with E-state index in [1.807, 2.05) is 0 Å². The number of halogens is 3. The second-order valence-corrected chi connectivity index (χ2v) is 8.44. The number of allylic oxidation sites excluding steroid dienone is 1. The Hall–Kier alpha value is -2.17. The van der Waals surface area contributed by atoms with Crippen molar-refractivity contribution in [2.24, 2.45) is 0 Å². The summed E-state index contributed by atoms with van der Waals surface area (Å²) in [4.78, 5) is 24.5. The third kappa shape index (κ3) is 5.46. The highest BCUT2D eigenvalue weighted by atomic mass is 35.5. The van der Waals surface area contributed by atoms with Crippen LogP contribution in [0.5, 0.6) is 0 Å². The Kier molecular flexibility index (Phi) is 7.09. The first kappa shape index (κ1) is 21.5. The minimum atomic E-state index is -0.387. The molecule has 0 radical (unpaired) electrons. The lowest BCUT2D eigenvalue weighted by atomic mass is 9.87. The van der Waals surface area contributed by atoms with Crippen molar-refractivity contribution in [2.75, 3.05) is 11.1 Å². The molecule has 2 aromatic carbocycles. The lowest BCUT2D eigenvalue weighted by Crippen LogP contribution is -2.31. The average Bonchev–Trinajstić information content (AvgIpc) is 2.68. The topological polar surface area (TPSA) is 82.0 Å².